The number of imidazole rings is 2. The Morgan fingerprint density at radius 2 is 1.31 bits per heavy atom. The molecule has 48 heavy (non-hydrogen) atoms. The topological polar surface area (TPSA) is 134 Å². The second kappa shape index (κ2) is 12.0. The van der Waals surface area contributed by atoms with Crippen LogP contribution in [0, 0.1) is 27.7 Å². The second-order valence-electron chi connectivity index (χ2n) is 13.2. The smallest absolute Gasteiger partial charge is 0.340 e. The maximum Gasteiger partial charge on any atom is 0.340 e. The summed E-state index contributed by atoms with van der Waals surface area (Å²) in [6, 6.07) is 8.01. The predicted octanol–water partition coefficient (Wildman–Crippen LogP) is 7.68. The average Bonchev–Trinajstić information content (AvgIpc) is 3.99. The van der Waals surface area contributed by atoms with Crippen LogP contribution in [0.2, 0.25) is 0 Å². The van der Waals surface area contributed by atoms with Gasteiger partial charge in [-0.1, -0.05) is 17.2 Å². The van der Waals surface area contributed by atoms with Crippen molar-refractivity contribution in [1.82, 2.24) is 29.4 Å². The molecule has 4 heterocycles. The molecule has 8 rings (SSSR count). The summed E-state index contributed by atoms with van der Waals surface area (Å²) in [7, 11) is 5.42. The normalized spacial score (nSPS) is 15.2. The number of nitrogens with zero attached hydrogens (tertiary/aromatic N) is 6. The molecule has 1 N–H and O–H groups in total. The third-order valence-corrected chi connectivity index (χ3v) is 9.72. The van der Waals surface area contributed by atoms with Crippen LogP contribution in [0.1, 0.15) is 107 Å². The van der Waals surface area contributed by atoms with Gasteiger partial charge in [0.05, 0.1) is 52.2 Å². The molecule has 0 aliphatic heterocycles. The lowest BCUT2D eigenvalue weighted by molar-refractivity contribution is 0.0602. The van der Waals surface area contributed by atoms with Crippen LogP contribution in [0.5, 0.6) is 0 Å². The van der Waals surface area contributed by atoms with Gasteiger partial charge in [-0.25, -0.2) is 14.8 Å². The molecular formula is C37H42N6O5. The van der Waals surface area contributed by atoms with Gasteiger partial charge < -0.3 is 28.0 Å². The maximum atomic E-state index is 12.4. The number of hydrogen-bond donors (Lipinski definition) is 1. The lowest BCUT2D eigenvalue weighted by Crippen LogP contribution is -2.06. The highest BCUT2D eigenvalue weighted by molar-refractivity contribution is 6.04. The number of fused-ring (bicyclic) bond motifs is 2. The van der Waals surface area contributed by atoms with Gasteiger partial charge in [0.2, 0.25) is 0 Å². The van der Waals surface area contributed by atoms with Gasteiger partial charge in [-0.15, -0.1) is 0 Å². The fourth-order valence-electron chi connectivity index (χ4n) is 7.01. The molecule has 2 aromatic carbocycles. The lowest BCUT2D eigenvalue weighted by Gasteiger charge is -2.13. The Labute approximate surface area is 278 Å². The number of rotatable bonds is 7. The van der Waals surface area contributed by atoms with Crippen LogP contribution in [0.25, 0.3) is 44.3 Å². The molecular weight excluding hydrogens is 608 g/mol. The highest BCUT2D eigenvalue weighted by Crippen LogP contribution is 2.43. The van der Waals surface area contributed by atoms with Crippen LogP contribution in [0.4, 0.5) is 0 Å². The summed E-state index contributed by atoms with van der Waals surface area (Å²) in [5, 5.41) is 18.7. The Balaban J connectivity index is 0.000000152. The first-order chi connectivity index (χ1) is 23.0. The second-order valence-corrected chi connectivity index (χ2v) is 13.2. The van der Waals surface area contributed by atoms with Crippen molar-refractivity contribution >= 4 is 28.0 Å². The molecule has 2 aliphatic carbocycles. The predicted molar refractivity (Wildman–Crippen MR) is 182 cm³/mol. The first-order valence-electron chi connectivity index (χ1n) is 16.7. The molecule has 2 fully saturated rings. The van der Waals surface area contributed by atoms with Gasteiger partial charge in [0.15, 0.2) is 0 Å². The van der Waals surface area contributed by atoms with E-state index in [0.29, 0.717) is 23.8 Å². The summed E-state index contributed by atoms with van der Waals surface area (Å²) < 4.78 is 19.8. The van der Waals surface area contributed by atoms with E-state index >= 15 is 0 Å². The van der Waals surface area contributed by atoms with Gasteiger partial charge in [-0.3, -0.25) is 0 Å². The maximum absolute atomic E-state index is 12.4. The number of carbonyl (C=O) groups is 1. The highest BCUT2D eigenvalue weighted by atomic mass is 16.5. The van der Waals surface area contributed by atoms with Crippen LogP contribution in [-0.4, -0.2) is 47.6 Å². The minimum absolute atomic E-state index is 0.362. The van der Waals surface area contributed by atoms with E-state index in [0.717, 1.165) is 97.3 Å². The van der Waals surface area contributed by atoms with Crippen molar-refractivity contribution in [3.63, 3.8) is 0 Å². The minimum atomic E-state index is -0.504. The van der Waals surface area contributed by atoms with Crippen LogP contribution < -0.4 is 0 Å². The largest absolute Gasteiger partial charge is 0.465 e. The zero-order chi connectivity index (χ0) is 34.0. The van der Waals surface area contributed by atoms with E-state index in [9.17, 15) is 9.90 Å². The lowest BCUT2D eigenvalue weighted by atomic mass is 9.97. The van der Waals surface area contributed by atoms with Gasteiger partial charge >= 0.3 is 5.97 Å². The van der Waals surface area contributed by atoms with Crippen LogP contribution in [0.15, 0.2) is 33.3 Å². The third-order valence-electron chi connectivity index (χ3n) is 9.72. The van der Waals surface area contributed by atoms with Gasteiger partial charge in [-0.05, 0) is 95.2 Å². The van der Waals surface area contributed by atoms with E-state index in [1.807, 2.05) is 58.4 Å². The number of ether oxygens (including phenoxy) is 1. The Hall–Kier alpha value is -4.77. The fourth-order valence-corrected chi connectivity index (χ4v) is 7.01. The summed E-state index contributed by atoms with van der Waals surface area (Å²) in [4.78, 5) is 22.0. The number of aromatic nitrogens is 6. The average molecular weight is 651 g/mol. The minimum Gasteiger partial charge on any atom is -0.465 e. The number of benzene rings is 2. The van der Waals surface area contributed by atoms with E-state index in [4.69, 9.17) is 23.8 Å². The monoisotopic (exact) mass is 650 g/mol. The van der Waals surface area contributed by atoms with Crippen LogP contribution >= 0.6 is 0 Å². The number of hydrogen-bond acceptors (Lipinski definition) is 9. The van der Waals surface area contributed by atoms with Crippen molar-refractivity contribution in [3.05, 3.63) is 69.9 Å². The Kier molecular flexibility index (Phi) is 7.98. The van der Waals surface area contributed by atoms with Crippen molar-refractivity contribution in [2.75, 3.05) is 7.11 Å². The number of aliphatic hydroxyl groups excluding tert-OH is 1. The first kappa shape index (κ1) is 31.8. The molecule has 0 radical (unpaired) electrons. The zero-order valence-corrected chi connectivity index (χ0v) is 28.8. The summed E-state index contributed by atoms with van der Waals surface area (Å²) >= 11 is 0. The molecule has 2 aliphatic rings. The number of methoxy groups -OCH3 is 1. The third kappa shape index (κ3) is 5.39. The quantitative estimate of drug-likeness (QED) is 0.173. The first-order valence-corrected chi connectivity index (χ1v) is 16.7. The number of aliphatic hydroxyl groups is 1. The molecule has 1 unspecified atom stereocenters. The van der Waals surface area contributed by atoms with Gasteiger partial charge in [0.25, 0.3) is 0 Å². The van der Waals surface area contributed by atoms with Gasteiger partial charge in [0, 0.05) is 42.6 Å². The van der Waals surface area contributed by atoms with E-state index in [2.05, 4.69) is 34.1 Å². The Morgan fingerprint density at radius 1 is 0.833 bits per heavy atom. The Morgan fingerprint density at radius 3 is 1.75 bits per heavy atom. The van der Waals surface area contributed by atoms with Crippen molar-refractivity contribution in [2.24, 2.45) is 14.1 Å². The molecule has 11 nitrogen and oxygen atoms in total. The molecule has 0 bridgehead atoms. The molecule has 1 atom stereocenters. The Bertz CT molecular complexity index is 2150. The van der Waals surface area contributed by atoms with E-state index < -0.39 is 6.10 Å². The van der Waals surface area contributed by atoms with E-state index in [1.54, 1.807) is 0 Å². The summed E-state index contributed by atoms with van der Waals surface area (Å²) in [6.07, 6.45) is 4.89. The molecule has 6 aromatic rings. The van der Waals surface area contributed by atoms with Crippen molar-refractivity contribution < 1.29 is 23.7 Å². The van der Waals surface area contributed by atoms with Crippen molar-refractivity contribution in [2.45, 2.75) is 84.7 Å². The van der Waals surface area contributed by atoms with Gasteiger partial charge in [-0.2, -0.15) is 0 Å². The van der Waals surface area contributed by atoms with E-state index in [-0.39, 0.29) is 5.97 Å². The summed E-state index contributed by atoms with van der Waals surface area (Å²) in [6.45, 7) is 9.62. The SMILES string of the molecule is CCC(O)c1cc(-c2c(C)noc2C)cc2nc(C3CC3)n(C)c12.COC(=O)c1cc(-c2c(C)noc2C)cc2nc(C3CC3)n(C)c12. The molecule has 0 saturated heterocycles. The molecule has 0 amide bonds. The summed E-state index contributed by atoms with van der Waals surface area (Å²) in [5.41, 5.74) is 10.5. The van der Waals surface area contributed by atoms with E-state index in [1.165, 1.54) is 20.0 Å². The van der Waals surface area contributed by atoms with Gasteiger partial charge in [0.1, 0.15) is 23.2 Å². The number of aryl methyl sites for hydroxylation is 6. The molecule has 11 heteroatoms. The van der Waals surface area contributed by atoms with Crippen LogP contribution in [0.3, 0.4) is 0 Å². The highest BCUT2D eigenvalue weighted by Gasteiger charge is 2.32. The number of carbonyl (C=O) groups excluding carboxylic acids is 1. The fraction of sp³-hybridized carbons (Fsp3) is 0.432. The standard InChI is InChI=1S/C19H23N3O2.C18H19N3O3/c1-5-16(23)14-8-13(17-10(2)21-24-11(17)3)9-15-18(14)22(4)19(20-15)12-6-7-12;1-9-15(10(2)24-20-9)12-7-13(18(22)23-4)16-14(8-12)19-17(21(16)3)11-5-6-11/h8-9,12,16,23H,5-7H2,1-4H3;7-8,11H,5-6H2,1-4H3. The molecule has 0 spiro atoms. The summed E-state index contributed by atoms with van der Waals surface area (Å²) in [5.74, 6) is 4.38. The molecule has 250 valence electrons. The van der Waals surface area contributed by atoms with Crippen molar-refractivity contribution in [3.8, 4) is 22.3 Å². The molecule has 4 aromatic heterocycles. The number of esters is 1. The molecule has 2 saturated carbocycles. The zero-order valence-electron chi connectivity index (χ0n) is 28.8. The van der Waals surface area contributed by atoms with Crippen LogP contribution in [-0.2, 0) is 18.8 Å². The van der Waals surface area contributed by atoms with Crippen molar-refractivity contribution in [1.29, 1.82) is 0 Å².